The molecule has 22 heavy (non-hydrogen) atoms. The van der Waals surface area contributed by atoms with Crippen LogP contribution in [0.1, 0.15) is 51.9 Å². The van der Waals surface area contributed by atoms with Crippen molar-refractivity contribution in [2.75, 3.05) is 32.7 Å². The second-order valence-electron chi connectivity index (χ2n) is 6.89. The molecule has 2 rings (SSSR count). The van der Waals surface area contributed by atoms with Crippen molar-refractivity contribution in [2.24, 2.45) is 17.6 Å². The van der Waals surface area contributed by atoms with E-state index in [0.29, 0.717) is 39.1 Å². The van der Waals surface area contributed by atoms with E-state index in [1.807, 2.05) is 16.7 Å². The Balaban J connectivity index is 1.69. The zero-order valence-electron chi connectivity index (χ0n) is 13.9. The molecular formula is C17H31N3O2. The fraction of sp³-hybridized carbons (Fsp3) is 0.882. The van der Waals surface area contributed by atoms with Crippen LogP contribution >= 0.6 is 0 Å². The monoisotopic (exact) mass is 309 g/mol. The molecule has 0 radical (unpaired) electrons. The van der Waals surface area contributed by atoms with Crippen molar-refractivity contribution < 1.29 is 9.59 Å². The van der Waals surface area contributed by atoms with Gasteiger partial charge < -0.3 is 15.5 Å². The van der Waals surface area contributed by atoms with Crippen LogP contribution in [0.3, 0.4) is 0 Å². The number of carbonyl (C=O) groups excluding carboxylic acids is 2. The van der Waals surface area contributed by atoms with E-state index in [2.05, 4.69) is 0 Å². The second kappa shape index (κ2) is 8.51. The van der Waals surface area contributed by atoms with Gasteiger partial charge in [-0.25, -0.2) is 0 Å². The van der Waals surface area contributed by atoms with Crippen LogP contribution in [-0.2, 0) is 9.59 Å². The third-order valence-corrected chi connectivity index (χ3v) is 5.21. The van der Waals surface area contributed by atoms with Gasteiger partial charge in [0.1, 0.15) is 0 Å². The topological polar surface area (TPSA) is 66.6 Å². The first kappa shape index (κ1) is 17.3. The quantitative estimate of drug-likeness (QED) is 0.839. The van der Waals surface area contributed by atoms with Gasteiger partial charge in [0.25, 0.3) is 0 Å². The zero-order valence-corrected chi connectivity index (χ0v) is 13.9. The molecule has 1 aliphatic carbocycles. The first-order valence-corrected chi connectivity index (χ1v) is 8.88. The molecule has 2 aliphatic rings. The van der Waals surface area contributed by atoms with E-state index in [0.717, 1.165) is 12.3 Å². The van der Waals surface area contributed by atoms with E-state index in [9.17, 15) is 9.59 Å². The summed E-state index contributed by atoms with van der Waals surface area (Å²) >= 11 is 0. The molecule has 5 heteroatoms. The molecule has 126 valence electrons. The summed E-state index contributed by atoms with van der Waals surface area (Å²) < 4.78 is 0. The van der Waals surface area contributed by atoms with Crippen LogP contribution in [0.25, 0.3) is 0 Å². The van der Waals surface area contributed by atoms with Crippen LogP contribution in [0.5, 0.6) is 0 Å². The lowest BCUT2D eigenvalue weighted by Gasteiger charge is -2.36. The van der Waals surface area contributed by atoms with Crippen LogP contribution in [0.4, 0.5) is 0 Å². The summed E-state index contributed by atoms with van der Waals surface area (Å²) in [6.45, 7) is 4.90. The second-order valence-corrected chi connectivity index (χ2v) is 6.89. The van der Waals surface area contributed by atoms with Gasteiger partial charge in [-0.2, -0.15) is 0 Å². The van der Waals surface area contributed by atoms with Gasteiger partial charge in [0, 0.05) is 45.1 Å². The Hall–Kier alpha value is -1.10. The SMILES string of the molecule is CC(CN)C(=O)N1CCN(C(=O)CCC2CCCCC2)CC1. The minimum atomic E-state index is -0.117. The van der Waals surface area contributed by atoms with Crippen molar-refractivity contribution in [3.05, 3.63) is 0 Å². The summed E-state index contributed by atoms with van der Waals surface area (Å²) in [7, 11) is 0. The Morgan fingerprint density at radius 3 is 2.23 bits per heavy atom. The Morgan fingerprint density at radius 2 is 1.64 bits per heavy atom. The molecule has 1 heterocycles. The maximum atomic E-state index is 12.3. The van der Waals surface area contributed by atoms with Gasteiger partial charge in [-0.3, -0.25) is 9.59 Å². The van der Waals surface area contributed by atoms with Crippen molar-refractivity contribution in [1.82, 2.24) is 9.80 Å². The van der Waals surface area contributed by atoms with Crippen LogP contribution in [0, 0.1) is 11.8 Å². The number of carbonyl (C=O) groups is 2. The van der Waals surface area contributed by atoms with Crippen molar-refractivity contribution >= 4 is 11.8 Å². The zero-order chi connectivity index (χ0) is 15.9. The number of amides is 2. The molecule has 0 aromatic heterocycles. The lowest BCUT2D eigenvalue weighted by atomic mass is 9.86. The van der Waals surface area contributed by atoms with Gasteiger partial charge >= 0.3 is 0 Å². The van der Waals surface area contributed by atoms with E-state index in [1.54, 1.807) is 0 Å². The van der Waals surface area contributed by atoms with E-state index >= 15 is 0 Å². The first-order valence-electron chi connectivity index (χ1n) is 8.88. The molecule has 0 bridgehead atoms. The number of nitrogens with zero attached hydrogens (tertiary/aromatic N) is 2. The molecule has 0 spiro atoms. The van der Waals surface area contributed by atoms with Crippen LogP contribution in [0.2, 0.25) is 0 Å². The number of nitrogens with two attached hydrogens (primary N) is 1. The molecule has 1 saturated heterocycles. The van der Waals surface area contributed by atoms with Crippen LogP contribution in [-0.4, -0.2) is 54.3 Å². The third kappa shape index (κ3) is 4.70. The molecule has 1 atom stereocenters. The smallest absolute Gasteiger partial charge is 0.226 e. The number of hydrogen-bond donors (Lipinski definition) is 1. The maximum absolute atomic E-state index is 12.3. The predicted molar refractivity (Wildman–Crippen MR) is 87.2 cm³/mol. The Labute approximate surface area is 134 Å². The number of piperazine rings is 1. The van der Waals surface area contributed by atoms with E-state index in [-0.39, 0.29) is 17.7 Å². The van der Waals surface area contributed by atoms with E-state index < -0.39 is 0 Å². The molecule has 2 N–H and O–H groups in total. The van der Waals surface area contributed by atoms with Crippen LogP contribution < -0.4 is 5.73 Å². The van der Waals surface area contributed by atoms with Crippen LogP contribution in [0.15, 0.2) is 0 Å². The standard InChI is InChI=1S/C17H31N3O2/c1-14(13-18)17(22)20-11-9-19(10-12-20)16(21)8-7-15-5-3-2-4-6-15/h14-15H,2-13,18H2,1H3. The van der Waals surface area contributed by atoms with Gasteiger partial charge in [-0.1, -0.05) is 39.0 Å². The minimum absolute atomic E-state index is 0.117. The van der Waals surface area contributed by atoms with E-state index in [1.165, 1.54) is 32.1 Å². The first-order chi connectivity index (χ1) is 10.6. The maximum Gasteiger partial charge on any atom is 0.226 e. The number of rotatable bonds is 5. The highest BCUT2D eigenvalue weighted by Crippen LogP contribution is 2.27. The normalized spacial score (nSPS) is 21.7. The highest BCUT2D eigenvalue weighted by molar-refractivity contribution is 5.80. The summed E-state index contributed by atoms with van der Waals surface area (Å²) in [5.41, 5.74) is 5.55. The van der Waals surface area contributed by atoms with Gasteiger partial charge in [0.15, 0.2) is 0 Å². The number of hydrogen-bond acceptors (Lipinski definition) is 3. The van der Waals surface area contributed by atoms with Crippen molar-refractivity contribution in [2.45, 2.75) is 51.9 Å². The van der Waals surface area contributed by atoms with E-state index in [4.69, 9.17) is 5.73 Å². The Bertz CT molecular complexity index is 372. The average molecular weight is 309 g/mol. The summed E-state index contributed by atoms with van der Waals surface area (Å²) in [6.07, 6.45) is 8.35. The fourth-order valence-corrected chi connectivity index (χ4v) is 3.55. The lowest BCUT2D eigenvalue weighted by molar-refractivity contribution is -0.141. The molecular weight excluding hydrogens is 278 g/mol. The molecule has 0 aromatic carbocycles. The van der Waals surface area contributed by atoms with Gasteiger partial charge in [0.2, 0.25) is 11.8 Å². The minimum Gasteiger partial charge on any atom is -0.339 e. The summed E-state index contributed by atoms with van der Waals surface area (Å²) in [5.74, 6) is 1.03. The van der Waals surface area contributed by atoms with Gasteiger partial charge in [-0.05, 0) is 12.3 Å². The molecule has 5 nitrogen and oxygen atoms in total. The van der Waals surface area contributed by atoms with Gasteiger partial charge in [0.05, 0.1) is 0 Å². The lowest BCUT2D eigenvalue weighted by Crippen LogP contribution is -2.52. The molecule has 2 fully saturated rings. The largest absolute Gasteiger partial charge is 0.339 e. The Kier molecular flexibility index (Phi) is 6.68. The molecule has 2 amide bonds. The summed E-state index contributed by atoms with van der Waals surface area (Å²) in [6, 6.07) is 0. The molecule has 0 aromatic rings. The third-order valence-electron chi connectivity index (χ3n) is 5.21. The van der Waals surface area contributed by atoms with Crippen molar-refractivity contribution in [3.8, 4) is 0 Å². The summed E-state index contributed by atoms with van der Waals surface area (Å²) in [5, 5.41) is 0. The molecule has 1 aliphatic heterocycles. The van der Waals surface area contributed by atoms with Gasteiger partial charge in [-0.15, -0.1) is 0 Å². The molecule has 1 unspecified atom stereocenters. The highest BCUT2D eigenvalue weighted by atomic mass is 16.2. The predicted octanol–water partition coefficient (Wildman–Crippen LogP) is 1.61. The fourth-order valence-electron chi connectivity index (χ4n) is 3.55. The van der Waals surface area contributed by atoms with Crippen molar-refractivity contribution in [1.29, 1.82) is 0 Å². The highest BCUT2D eigenvalue weighted by Gasteiger charge is 2.26. The molecule has 1 saturated carbocycles. The Morgan fingerprint density at radius 1 is 1.05 bits per heavy atom. The van der Waals surface area contributed by atoms with Crippen molar-refractivity contribution in [3.63, 3.8) is 0 Å². The summed E-state index contributed by atoms with van der Waals surface area (Å²) in [4.78, 5) is 28.2. The average Bonchev–Trinajstić information content (AvgIpc) is 2.59.